The van der Waals surface area contributed by atoms with E-state index in [0.29, 0.717) is 12.0 Å². The molecule has 4 fully saturated rings. The molecule has 2 aliphatic carbocycles. The molecule has 4 aliphatic rings. The summed E-state index contributed by atoms with van der Waals surface area (Å²) < 4.78 is 0. The van der Waals surface area contributed by atoms with E-state index in [4.69, 9.17) is 0 Å². The van der Waals surface area contributed by atoms with Gasteiger partial charge in [0.2, 0.25) is 0 Å². The molecule has 0 amide bonds. The van der Waals surface area contributed by atoms with Crippen LogP contribution in [0.5, 0.6) is 0 Å². The predicted molar refractivity (Wildman–Crippen MR) is 42.2 cm³/mol. The van der Waals surface area contributed by atoms with Crippen LogP contribution in [0.15, 0.2) is 0 Å². The molecule has 0 spiro atoms. The molecule has 2 heteroatoms. The Morgan fingerprint density at radius 3 is 2.73 bits per heavy atom. The Balaban J connectivity index is 1.91. The minimum absolute atomic E-state index is 0.0252. The van der Waals surface area contributed by atoms with Crippen LogP contribution in [0.1, 0.15) is 25.7 Å². The van der Waals surface area contributed by atoms with Crippen molar-refractivity contribution in [1.82, 2.24) is 5.32 Å². The van der Waals surface area contributed by atoms with E-state index in [9.17, 15) is 5.11 Å². The van der Waals surface area contributed by atoms with Crippen molar-refractivity contribution in [1.29, 1.82) is 0 Å². The smallest absolute Gasteiger partial charge is 0.0722 e. The lowest BCUT2D eigenvalue weighted by Crippen LogP contribution is -2.62. The Morgan fingerprint density at radius 1 is 1.09 bits per heavy atom. The highest BCUT2D eigenvalue weighted by Gasteiger charge is 2.47. The van der Waals surface area contributed by atoms with E-state index in [1.807, 2.05) is 0 Å². The van der Waals surface area contributed by atoms with Gasteiger partial charge in [-0.05, 0) is 37.5 Å². The average molecular weight is 153 g/mol. The quantitative estimate of drug-likeness (QED) is 0.531. The van der Waals surface area contributed by atoms with Gasteiger partial charge in [0.25, 0.3) is 0 Å². The van der Waals surface area contributed by atoms with Gasteiger partial charge >= 0.3 is 0 Å². The Hall–Kier alpha value is -0.0800. The van der Waals surface area contributed by atoms with Crippen molar-refractivity contribution >= 4 is 0 Å². The molecule has 5 atom stereocenters. The van der Waals surface area contributed by atoms with E-state index in [1.165, 1.54) is 25.7 Å². The number of rotatable bonds is 0. The second-order valence-electron chi connectivity index (χ2n) is 4.53. The topological polar surface area (TPSA) is 32.3 Å². The molecule has 0 aromatic carbocycles. The Bertz CT molecular complexity index is 152. The normalized spacial score (nSPS) is 60.3. The molecule has 2 saturated heterocycles. The lowest BCUT2D eigenvalue weighted by atomic mass is 9.63. The largest absolute Gasteiger partial charge is 0.391 e. The molecule has 4 rings (SSSR count). The summed E-state index contributed by atoms with van der Waals surface area (Å²) in [6, 6.07) is 1.20. The van der Waals surface area contributed by atoms with Crippen LogP contribution in [0.2, 0.25) is 0 Å². The highest BCUT2D eigenvalue weighted by atomic mass is 16.3. The van der Waals surface area contributed by atoms with Crippen LogP contribution < -0.4 is 5.32 Å². The zero-order valence-corrected chi connectivity index (χ0v) is 6.66. The number of aliphatic hydroxyl groups excluding tert-OH is 1. The van der Waals surface area contributed by atoms with Crippen LogP contribution in [-0.2, 0) is 0 Å². The molecule has 2 heterocycles. The molecule has 2 aliphatic heterocycles. The van der Waals surface area contributed by atoms with Gasteiger partial charge in [0.1, 0.15) is 0 Å². The van der Waals surface area contributed by atoms with Gasteiger partial charge in [-0.3, -0.25) is 0 Å². The predicted octanol–water partition coefficient (Wildman–Crippen LogP) is 0.508. The monoisotopic (exact) mass is 153 g/mol. The number of hydrogen-bond acceptors (Lipinski definition) is 2. The maximum absolute atomic E-state index is 9.76. The van der Waals surface area contributed by atoms with Gasteiger partial charge in [-0.2, -0.15) is 0 Å². The summed E-state index contributed by atoms with van der Waals surface area (Å²) >= 11 is 0. The Morgan fingerprint density at radius 2 is 2.00 bits per heavy atom. The first-order chi connectivity index (χ1) is 5.33. The van der Waals surface area contributed by atoms with Crippen molar-refractivity contribution in [3.63, 3.8) is 0 Å². The first-order valence-corrected chi connectivity index (χ1v) is 4.77. The summed E-state index contributed by atoms with van der Waals surface area (Å²) in [4.78, 5) is 0. The molecule has 2 saturated carbocycles. The van der Waals surface area contributed by atoms with E-state index in [1.54, 1.807) is 0 Å². The number of hydrogen-bond donors (Lipinski definition) is 2. The van der Waals surface area contributed by atoms with E-state index >= 15 is 0 Å². The molecule has 2 N–H and O–H groups in total. The molecular formula is C9H15NO. The highest BCUT2D eigenvalue weighted by molar-refractivity contribution is 5.03. The van der Waals surface area contributed by atoms with Gasteiger partial charge in [-0.1, -0.05) is 0 Å². The van der Waals surface area contributed by atoms with Gasteiger partial charge in [0, 0.05) is 12.1 Å². The molecular weight excluding hydrogens is 138 g/mol. The van der Waals surface area contributed by atoms with E-state index in [0.717, 1.165) is 12.0 Å². The fraction of sp³-hybridized carbons (Fsp3) is 1.00. The van der Waals surface area contributed by atoms with Crippen LogP contribution in [-0.4, -0.2) is 23.3 Å². The fourth-order valence-electron chi connectivity index (χ4n) is 3.39. The third-order valence-electron chi connectivity index (χ3n) is 3.77. The van der Waals surface area contributed by atoms with Crippen molar-refractivity contribution < 1.29 is 5.11 Å². The van der Waals surface area contributed by atoms with E-state index < -0.39 is 0 Å². The summed E-state index contributed by atoms with van der Waals surface area (Å²) in [7, 11) is 0. The van der Waals surface area contributed by atoms with Crippen molar-refractivity contribution in [2.24, 2.45) is 11.8 Å². The third-order valence-corrected chi connectivity index (χ3v) is 3.77. The molecule has 11 heavy (non-hydrogen) atoms. The van der Waals surface area contributed by atoms with Gasteiger partial charge in [-0.15, -0.1) is 0 Å². The van der Waals surface area contributed by atoms with Crippen molar-refractivity contribution in [3.05, 3.63) is 0 Å². The summed E-state index contributed by atoms with van der Waals surface area (Å²) in [5.74, 6) is 1.58. The van der Waals surface area contributed by atoms with Gasteiger partial charge in [-0.25, -0.2) is 0 Å². The Kier molecular flexibility index (Phi) is 1.16. The molecule has 0 aromatic rings. The van der Waals surface area contributed by atoms with Crippen LogP contribution >= 0.6 is 0 Å². The minimum Gasteiger partial charge on any atom is -0.391 e. The molecule has 4 bridgehead atoms. The lowest BCUT2D eigenvalue weighted by molar-refractivity contribution is -0.0592. The van der Waals surface area contributed by atoms with Crippen LogP contribution in [0, 0.1) is 11.8 Å². The molecule has 0 radical (unpaired) electrons. The van der Waals surface area contributed by atoms with Crippen LogP contribution in [0.4, 0.5) is 0 Å². The summed E-state index contributed by atoms with van der Waals surface area (Å²) in [5, 5.41) is 13.3. The standard InChI is InChI=1S/C9H15NO/c11-9-6-1-5-2-7(4-6)10-8(9)3-5/h5-11H,1-4H2/t5-,6-,7-,8-,9-/m0/s1. The maximum Gasteiger partial charge on any atom is 0.0722 e. The van der Waals surface area contributed by atoms with Crippen LogP contribution in [0.25, 0.3) is 0 Å². The van der Waals surface area contributed by atoms with Crippen molar-refractivity contribution in [2.45, 2.75) is 43.9 Å². The van der Waals surface area contributed by atoms with E-state index in [2.05, 4.69) is 5.32 Å². The summed E-state index contributed by atoms with van der Waals surface area (Å²) in [6.45, 7) is 0. The second kappa shape index (κ2) is 1.99. The number of nitrogens with one attached hydrogen (secondary N) is 1. The van der Waals surface area contributed by atoms with Crippen molar-refractivity contribution in [3.8, 4) is 0 Å². The third kappa shape index (κ3) is 0.798. The number of piperidine rings is 2. The molecule has 62 valence electrons. The zero-order valence-electron chi connectivity index (χ0n) is 6.66. The first kappa shape index (κ1) is 6.44. The summed E-state index contributed by atoms with van der Waals surface area (Å²) in [6.07, 6.45) is 5.11. The minimum atomic E-state index is -0.0252. The van der Waals surface area contributed by atoms with Crippen molar-refractivity contribution in [2.75, 3.05) is 0 Å². The van der Waals surface area contributed by atoms with Crippen LogP contribution in [0.3, 0.4) is 0 Å². The van der Waals surface area contributed by atoms with E-state index in [-0.39, 0.29) is 6.10 Å². The Labute approximate surface area is 67.0 Å². The highest BCUT2D eigenvalue weighted by Crippen LogP contribution is 2.44. The maximum atomic E-state index is 9.76. The van der Waals surface area contributed by atoms with Gasteiger partial charge in [0.15, 0.2) is 0 Å². The SMILES string of the molecule is O[C@H]1[C@H]2C[C@H]3C[C@@H](C2)N[C@H]1C3. The fourth-order valence-corrected chi connectivity index (χ4v) is 3.39. The summed E-state index contributed by atoms with van der Waals surface area (Å²) in [5.41, 5.74) is 0. The zero-order chi connectivity index (χ0) is 7.42. The van der Waals surface area contributed by atoms with Gasteiger partial charge in [0.05, 0.1) is 6.10 Å². The first-order valence-electron chi connectivity index (χ1n) is 4.77. The molecule has 2 nitrogen and oxygen atoms in total. The average Bonchev–Trinajstić information content (AvgIpc) is 1.98. The number of aliphatic hydroxyl groups is 1. The molecule has 0 aromatic heterocycles. The lowest BCUT2D eigenvalue weighted by Gasteiger charge is -2.53. The second-order valence-corrected chi connectivity index (χ2v) is 4.53. The van der Waals surface area contributed by atoms with Gasteiger partial charge < -0.3 is 10.4 Å². The molecule has 0 unspecified atom stereocenters.